The van der Waals surface area contributed by atoms with Crippen molar-refractivity contribution in [3.63, 3.8) is 0 Å². The molecule has 0 heterocycles. The summed E-state index contributed by atoms with van der Waals surface area (Å²) in [6, 6.07) is 16.3. The lowest BCUT2D eigenvalue weighted by molar-refractivity contribution is 0.379. The number of benzene rings is 2. The summed E-state index contributed by atoms with van der Waals surface area (Å²) in [5.74, 6) is 1.46. The fourth-order valence-electron chi connectivity index (χ4n) is 1.98. The van der Waals surface area contributed by atoms with E-state index in [1.54, 1.807) is 18.2 Å². The molecular formula is C21H22O2S. The molecule has 0 radical (unpaired) electrons. The van der Waals surface area contributed by atoms with Crippen LogP contribution < -0.4 is 4.74 Å². The van der Waals surface area contributed by atoms with Gasteiger partial charge in [-0.05, 0) is 55.3 Å². The van der Waals surface area contributed by atoms with Crippen molar-refractivity contribution in [1.29, 1.82) is 0 Å². The zero-order valence-electron chi connectivity index (χ0n) is 13.9. The van der Waals surface area contributed by atoms with Gasteiger partial charge in [0.2, 0.25) is 0 Å². The summed E-state index contributed by atoms with van der Waals surface area (Å²) in [5, 5.41) is 0. The number of aryl methyl sites for hydroxylation is 1. The van der Waals surface area contributed by atoms with Crippen molar-refractivity contribution in [2.45, 2.75) is 18.2 Å². The van der Waals surface area contributed by atoms with Crippen molar-refractivity contribution < 1.29 is 8.92 Å². The molecule has 0 atom stereocenters. The zero-order valence-corrected chi connectivity index (χ0v) is 14.7. The first-order valence-corrected chi connectivity index (χ1v) is 8.53. The summed E-state index contributed by atoms with van der Waals surface area (Å²) in [7, 11) is 0. The molecule has 0 saturated heterocycles. The molecule has 0 N–H and O–H groups in total. The van der Waals surface area contributed by atoms with Gasteiger partial charge >= 0.3 is 0 Å². The summed E-state index contributed by atoms with van der Waals surface area (Å²) >= 11 is 1.42. The lowest BCUT2D eigenvalue weighted by Gasteiger charge is -2.07. The van der Waals surface area contributed by atoms with Crippen LogP contribution in [0.1, 0.15) is 11.1 Å². The Morgan fingerprint density at radius 2 is 1.75 bits per heavy atom. The SMILES string of the molecule is C=C/C=C(\C=C)Oc1ccc(CCOSc2ccc(C)cc2)cc1. The topological polar surface area (TPSA) is 18.5 Å². The number of hydrogen-bond acceptors (Lipinski definition) is 3. The van der Waals surface area contributed by atoms with Crippen molar-refractivity contribution in [3.8, 4) is 5.75 Å². The van der Waals surface area contributed by atoms with Gasteiger partial charge in [-0.2, -0.15) is 0 Å². The van der Waals surface area contributed by atoms with Crippen LogP contribution in [0.15, 0.2) is 90.6 Å². The van der Waals surface area contributed by atoms with Crippen LogP contribution in [0.3, 0.4) is 0 Å². The minimum absolute atomic E-state index is 0.660. The lowest BCUT2D eigenvalue weighted by Crippen LogP contribution is -1.95. The van der Waals surface area contributed by atoms with Crippen LogP contribution in [-0.4, -0.2) is 6.61 Å². The maximum atomic E-state index is 5.69. The second kappa shape index (κ2) is 9.81. The third kappa shape index (κ3) is 6.11. The Kier molecular flexibility index (Phi) is 7.40. The van der Waals surface area contributed by atoms with Crippen LogP contribution in [0, 0.1) is 6.92 Å². The highest BCUT2D eigenvalue weighted by molar-refractivity contribution is 7.94. The van der Waals surface area contributed by atoms with Gasteiger partial charge in [-0.25, -0.2) is 0 Å². The second-order valence-corrected chi connectivity index (χ2v) is 6.10. The molecule has 0 aromatic heterocycles. The van der Waals surface area contributed by atoms with E-state index in [1.807, 2.05) is 24.3 Å². The van der Waals surface area contributed by atoms with Crippen molar-refractivity contribution in [1.82, 2.24) is 0 Å². The quantitative estimate of drug-likeness (QED) is 0.246. The van der Waals surface area contributed by atoms with E-state index < -0.39 is 0 Å². The molecule has 2 nitrogen and oxygen atoms in total. The number of rotatable bonds is 9. The van der Waals surface area contributed by atoms with Crippen LogP contribution in [0.2, 0.25) is 0 Å². The highest BCUT2D eigenvalue weighted by Crippen LogP contribution is 2.20. The predicted octanol–water partition coefficient (Wildman–Crippen LogP) is 5.90. The van der Waals surface area contributed by atoms with Crippen molar-refractivity contribution >= 4 is 12.0 Å². The highest BCUT2D eigenvalue weighted by Gasteiger charge is 1.99. The van der Waals surface area contributed by atoms with Crippen LogP contribution >= 0.6 is 12.0 Å². The first-order chi connectivity index (χ1) is 11.7. The van der Waals surface area contributed by atoms with Gasteiger partial charge in [0.15, 0.2) is 0 Å². The highest BCUT2D eigenvalue weighted by atomic mass is 32.2. The molecule has 3 heteroatoms. The van der Waals surface area contributed by atoms with Crippen molar-refractivity contribution in [3.05, 3.63) is 96.8 Å². The molecule has 2 aromatic rings. The molecule has 24 heavy (non-hydrogen) atoms. The Balaban J connectivity index is 1.77. The van der Waals surface area contributed by atoms with E-state index in [0.717, 1.165) is 17.1 Å². The third-order valence-electron chi connectivity index (χ3n) is 3.29. The molecule has 0 spiro atoms. The Morgan fingerprint density at radius 3 is 2.38 bits per heavy atom. The summed E-state index contributed by atoms with van der Waals surface area (Å²) in [5.41, 5.74) is 2.46. The van der Waals surface area contributed by atoms with Gasteiger partial charge in [0.25, 0.3) is 0 Å². The molecule has 0 unspecified atom stereocenters. The van der Waals surface area contributed by atoms with Crippen molar-refractivity contribution in [2.75, 3.05) is 6.61 Å². The van der Waals surface area contributed by atoms with E-state index in [2.05, 4.69) is 44.3 Å². The van der Waals surface area contributed by atoms with E-state index >= 15 is 0 Å². The van der Waals surface area contributed by atoms with Crippen LogP contribution in [0.4, 0.5) is 0 Å². The van der Waals surface area contributed by atoms with Gasteiger partial charge in [-0.1, -0.05) is 49.1 Å². The second-order valence-electron chi connectivity index (χ2n) is 5.22. The minimum atomic E-state index is 0.660. The largest absolute Gasteiger partial charge is 0.457 e. The fourth-order valence-corrected chi connectivity index (χ4v) is 2.53. The normalized spacial score (nSPS) is 11.1. The molecule has 0 aliphatic heterocycles. The van der Waals surface area contributed by atoms with Crippen molar-refractivity contribution in [2.24, 2.45) is 0 Å². The summed E-state index contributed by atoms with van der Waals surface area (Å²) in [6.45, 7) is 10.1. The molecule has 0 amide bonds. The Morgan fingerprint density at radius 1 is 1.04 bits per heavy atom. The molecule has 2 rings (SSSR count). The Hall–Kier alpha value is -2.23. The van der Waals surface area contributed by atoms with Crippen LogP contribution in [-0.2, 0) is 10.6 Å². The molecule has 2 aromatic carbocycles. The maximum Gasteiger partial charge on any atom is 0.127 e. The molecule has 0 saturated carbocycles. The average Bonchev–Trinajstić information content (AvgIpc) is 2.61. The van der Waals surface area contributed by atoms with Gasteiger partial charge in [0, 0.05) is 16.9 Å². The van der Waals surface area contributed by atoms with E-state index in [9.17, 15) is 0 Å². The van der Waals surface area contributed by atoms with Gasteiger partial charge in [0.1, 0.15) is 11.5 Å². The monoisotopic (exact) mass is 338 g/mol. The summed E-state index contributed by atoms with van der Waals surface area (Å²) in [6.07, 6.45) is 5.97. The number of allylic oxidation sites excluding steroid dienone is 3. The predicted molar refractivity (Wildman–Crippen MR) is 102 cm³/mol. The van der Waals surface area contributed by atoms with Crippen LogP contribution in [0.25, 0.3) is 0 Å². The molecule has 0 fully saturated rings. The maximum absolute atomic E-state index is 5.69. The molecule has 0 aliphatic carbocycles. The van der Waals surface area contributed by atoms with E-state index in [1.165, 1.54) is 23.2 Å². The molecule has 124 valence electrons. The van der Waals surface area contributed by atoms with E-state index in [4.69, 9.17) is 8.92 Å². The number of ether oxygens (including phenoxy) is 1. The standard InChI is InChI=1S/C21H22O2S/c1-4-6-19(5-2)23-20-11-9-18(10-12-20)15-16-22-24-21-13-7-17(3)8-14-21/h4-14H,1-2,15-16H2,3H3/b19-6+. The molecule has 0 bridgehead atoms. The fraction of sp³-hybridized carbons (Fsp3) is 0.143. The Bertz CT molecular complexity index is 685. The molecular weight excluding hydrogens is 316 g/mol. The number of hydrogen-bond donors (Lipinski definition) is 0. The van der Waals surface area contributed by atoms with E-state index in [-0.39, 0.29) is 0 Å². The first-order valence-electron chi connectivity index (χ1n) is 7.79. The third-order valence-corrected chi connectivity index (χ3v) is 4.04. The summed E-state index contributed by atoms with van der Waals surface area (Å²) < 4.78 is 11.3. The van der Waals surface area contributed by atoms with Gasteiger partial charge < -0.3 is 8.92 Å². The lowest BCUT2D eigenvalue weighted by atomic mass is 10.1. The zero-order chi connectivity index (χ0) is 17.2. The minimum Gasteiger partial charge on any atom is -0.457 e. The molecule has 0 aliphatic rings. The Labute approximate surface area is 148 Å². The van der Waals surface area contributed by atoms with Gasteiger partial charge in [-0.15, -0.1) is 0 Å². The van der Waals surface area contributed by atoms with E-state index in [0.29, 0.717) is 12.4 Å². The first kappa shape index (κ1) is 18.1. The smallest absolute Gasteiger partial charge is 0.127 e. The van der Waals surface area contributed by atoms with Gasteiger partial charge in [-0.3, -0.25) is 0 Å². The van der Waals surface area contributed by atoms with Crippen LogP contribution in [0.5, 0.6) is 5.75 Å². The van der Waals surface area contributed by atoms with Gasteiger partial charge in [0.05, 0.1) is 6.61 Å². The summed E-state index contributed by atoms with van der Waals surface area (Å²) in [4.78, 5) is 1.12. The average molecular weight is 338 g/mol.